The Morgan fingerprint density at radius 1 is 0.667 bits per heavy atom. The maximum Gasteiger partial charge on any atom is 0.253 e. The van der Waals surface area contributed by atoms with E-state index >= 15 is 0 Å². The topological polar surface area (TPSA) is 40.6 Å². The van der Waals surface area contributed by atoms with Crippen LogP contribution in [0, 0.1) is 5.82 Å². The molecule has 0 saturated carbocycles. The molecule has 1 heterocycles. The number of piperazine rings is 1. The van der Waals surface area contributed by atoms with Gasteiger partial charge >= 0.3 is 0 Å². The van der Waals surface area contributed by atoms with E-state index < -0.39 is 0 Å². The number of hydrogen-bond acceptors (Lipinski definition) is 2. The number of carbonyl (C=O) groups excluding carboxylic acids is 2. The molecular formula is C22H19FN2O2. The number of halogens is 1. The Morgan fingerprint density at radius 2 is 1.19 bits per heavy atom. The molecule has 0 radical (unpaired) electrons. The van der Waals surface area contributed by atoms with E-state index in [9.17, 15) is 14.0 Å². The van der Waals surface area contributed by atoms with Gasteiger partial charge in [0.05, 0.1) is 0 Å². The fourth-order valence-corrected chi connectivity index (χ4v) is 3.39. The Morgan fingerprint density at radius 3 is 1.81 bits per heavy atom. The van der Waals surface area contributed by atoms with E-state index in [1.807, 2.05) is 42.5 Å². The van der Waals surface area contributed by atoms with Gasteiger partial charge in [-0.1, -0.05) is 30.3 Å². The highest BCUT2D eigenvalue weighted by molar-refractivity contribution is 5.99. The summed E-state index contributed by atoms with van der Waals surface area (Å²) in [7, 11) is 0. The third-order valence-corrected chi connectivity index (χ3v) is 4.94. The van der Waals surface area contributed by atoms with Crippen LogP contribution in [0.1, 0.15) is 20.7 Å². The minimum absolute atomic E-state index is 0.0189. The van der Waals surface area contributed by atoms with E-state index in [1.165, 1.54) is 24.3 Å². The number of benzene rings is 3. The van der Waals surface area contributed by atoms with Crippen LogP contribution in [0.3, 0.4) is 0 Å². The summed E-state index contributed by atoms with van der Waals surface area (Å²) in [5.74, 6) is -0.514. The van der Waals surface area contributed by atoms with Crippen molar-refractivity contribution in [2.45, 2.75) is 0 Å². The van der Waals surface area contributed by atoms with Gasteiger partial charge in [-0.25, -0.2) is 4.39 Å². The van der Waals surface area contributed by atoms with Gasteiger partial charge < -0.3 is 9.80 Å². The second-order valence-electron chi connectivity index (χ2n) is 6.65. The van der Waals surface area contributed by atoms with Crippen LogP contribution in [0.15, 0.2) is 66.7 Å². The highest BCUT2D eigenvalue weighted by atomic mass is 19.1. The molecule has 0 atom stereocenters. The summed E-state index contributed by atoms with van der Waals surface area (Å²) in [6.45, 7) is 1.91. The highest BCUT2D eigenvalue weighted by Gasteiger charge is 2.25. The molecule has 3 aromatic rings. The first-order chi connectivity index (χ1) is 13.1. The SMILES string of the molecule is O=C(c1ccc(F)cc1)N1CCN(C(=O)c2ccc3ccccc3c2)CC1. The first kappa shape index (κ1) is 17.2. The molecular weight excluding hydrogens is 343 g/mol. The van der Waals surface area contributed by atoms with Crippen molar-refractivity contribution >= 4 is 22.6 Å². The van der Waals surface area contributed by atoms with E-state index in [4.69, 9.17) is 0 Å². The highest BCUT2D eigenvalue weighted by Crippen LogP contribution is 2.18. The van der Waals surface area contributed by atoms with Crippen LogP contribution in [-0.2, 0) is 0 Å². The number of rotatable bonds is 2. The van der Waals surface area contributed by atoms with Gasteiger partial charge in [-0.15, -0.1) is 0 Å². The van der Waals surface area contributed by atoms with Crippen molar-refractivity contribution in [2.24, 2.45) is 0 Å². The Hall–Kier alpha value is -3.21. The first-order valence-corrected chi connectivity index (χ1v) is 8.95. The normalized spacial score (nSPS) is 14.4. The Labute approximate surface area is 156 Å². The van der Waals surface area contributed by atoms with Crippen molar-refractivity contribution in [2.75, 3.05) is 26.2 Å². The molecule has 4 rings (SSSR count). The fraction of sp³-hybridized carbons (Fsp3) is 0.182. The van der Waals surface area contributed by atoms with Crippen LogP contribution >= 0.6 is 0 Å². The average Bonchev–Trinajstić information content (AvgIpc) is 2.73. The lowest BCUT2D eigenvalue weighted by atomic mass is 10.1. The molecule has 1 fully saturated rings. The molecule has 4 nitrogen and oxygen atoms in total. The van der Waals surface area contributed by atoms with Crippen molar-refractivity contribution in [3.63, 3.8) is 0 Å². The summed E-state index contributed by atoms with van der Waals surface area (Å²) in [6.07, 6.45) is 0. The van der Waals surface area contributed by atoms with E-state index in [0.29, 0.717) is 37.3 Å². The number of carbonyl (C=O) groups is 2. The molecule has 0 aromatic heterocycles. The molecule has 136 valence electrons. The number of amides is 2. The Bertz CT molecular complexity index is 993. The third-order valence-electron chi connectivity index (χ3n) is 4.94. The van der Waals surface area contributed by atoms with Gasteiger partial charge in [0.1, 0.15) is 5.82 Å². The Kier molecular flexibility index (Phi) is 4.59. The predicted molar refractivity (Wildman–Crippen MR) is 102 cm³/mol. The van der Waals surface area contributed by atoms with Gasteiger partial charge in [0.15, 0.2) is 0 Å². The molecule has 3 aromatic carbocycles. The lowest BCUT2D eigenvalue weighted by Gasteiger charge is -2.35. The van der Waals surface area contributed by atoms with Gasteiger partial charge in [-0.3, -0.25) is 9.59 Å². The molecule has 0 bridgehead atoms. The van der Waals surface area contributed by atoms with Gasteiger partial charge in [0.25, 0.3) is 11.8 Å². The molecule has 1 aliphatic rings. The average molecular weight is 362 g/mol. The molecule has 0 spiro atoms. The van der Waals surface area contributed by atoms with Gasteiger partial charge in [-0.05, 0) is 47.2 Å². The third kappa shape index (κ3) is 3.53. The van der Waals surface area contributed by atoms with Crippen LogP contribution in [0.25, 0.3) is 10.8 Å². The smallest absolute Gasteiger partial charge is 0.253 e. The lowest BCUT2D eigenvalue weighted by Crippen LogP contribution is -2.50. The minimum Gasteiger partial charge on any atom is -0.335 e. The number of fused-ring (bicyclic) bond motifs is 1. The lowest BCUT2D eigenvalue weighted by molar-refractivity contribution is 0.0535. The van der Waals surface area contributed by atoms with E-state index in [2.05, 4.69) is 0 Å². The van der Waals surface area contributed by atoms with Crippen LogP contribution in [0.4, 0.5) is 4.39 Å². The van der Waals surface area contributed by atoms with Crippen molar-refractivity contribution < 1.29 is 14.0 Å². The zero-order valence-corrected chi connectivity index (χ0v) is 14.8. The maximum absolute atomic E-state index is 13.0. The summed E-state index contributed by atoms with van der Waals surface area (Å²) < 4.78 is 13.0. The molecule has 2 amide bonds. The van der Waals surface area contributed by atoms with Crippen LogP contribution in [-0.4, -0.2) is 47.8 Å². The zero-order valence-electron chi connectivity index (χ0n) is 14.8. The number of hydrogen-bond donors (Lipinski definition) is 0. The summed E-state index contributed by atoms with van der Waals surface area (Å²) in [5, 5.41) is 2.14. The summed E-state index contributed by atoms with van der Waals surface area (Å²) in [5.41, 5.74) is 1.12. The van der Waals surface area contributed by atoms with E-state index in [1.54, 1.807) is 9.80 Å². The summed E-state index contributed by atoms with van der Waals surface area (Å²) >= 11 is 0. The monoisotopic (exact) mass is 362 g/mol. The quantitative estimate of drug-likeness (QED) is 0.699. The van der Waals surface area contributed by atoms with Crippen LogP contribution < -0.4 is 0 Å². The van der Waals surface area contributed by atoms with Crippen molar-refractivity contribution in [1.82, 2.24) is 9.80 Å². The standard InChI is InChI=1S/C22H19FN2O2/c23-20-9-7-17(8-10-20)21(26)24-11-13-25(14-12-24)22(27)19-6-5-16-3-1-2-4-18(16)15-19/h1-10,15H,11-14H2. The minimum atomic E-state index is -0.364. The fourth-order valence-electron chi connectivity index (χ4n) is 3.39. The molecule has 0 unspecified atom stereocenters. The van der Waals surface area contributed by atoms with Crippen molar-refractivity contribution in [3.8, 4) is 0 Å². The molecule has 1 saturated heterocycles. The van der Waals surface area contributed by atoms with E-state index in [0.717, 1.165) is 10.8 Å². The molecule has 5 heteroatoms. The first-order valence-electron chi connectivity index (χ1n) is 8.95. The van der Waals surface area contributed by atoms with Crippen LogP contribution in [0.2, 0.25) is 0 Å². The molecule has 0 aliphatic carbocycles. The van der Waals surface area contributed by atoms with E-state index in [-0.39, 0.29) is 17.6 Å². The summed E-state index contributed by atoms with van der Waals surface area (Å²) in [4.78, 5) is 28.8. The second kappa shape index (κ2) is 7.19. The molecule has 27 heavy (non-hydrogen) atoms. The van der Waals surface area contributed by atoms with Crippen LogP contribution in [0.5, 0.6) is 0 Å². The molecule has 0 N–H and O–H groups in total. The van der Waals surface area contributed by atoms with Gasteiger partial charge in [0, 0.05) is 37.3 Å². The molecule has 1 aliphatic heterocycles. The largest absolute Gasteiger partial charge is 0.335 e. The maximum atomic E-state index is 13.0. The van der Waals surface area contributed by atoms with Gasteiger partial charge in [0.2, 0.25) is 0 Å². The summed E-state index contributed by atoms with van der Waals surface area (Å²) in [6, 6.07) is 19.2. The zero-order chi connectivity index (χ0) is 18.8. The van der Waals surface area contributed by atoms with Gasteiger partial charge in [-0.2, -0.15) is 0 Å². The predicted octanol–water partition coefficient (Wildman–Crippen LogP) is 3.58. The van der Waals surface area contributed by atoms with Crippen molar-refractivity contribution in [1.29, 1.82) is 0 Å². The Balaban J connectivity index is 1.42. The number of nitrogens with zero attached hydrogens (tertiary/aromatic N) is 2. The van der Waals surface area contributed by atoms with Crippen molar-refractivity contribution in [3.05, 3.63) is 83.7 Å². The second-order valence-corrected chi connectivity index (χ2v) is 6.65.